The number of rotatable bonds is 8. The van der Waals surface area contributed by atoms with Gasteiger partial charge in [-0.1, -0.05) is 6.92 Å². The zero-order chi connectivity index (χ0) is 20.9. The number of carbonyl (C=O) groups excluding carboxylic acids is 3. The average molecular weight is 398 g/mol. The van der Waals surface area contributed by atoms with Gasteiger partial charge in [0.25, 0.3) is 5.91 Å². The second-order valence-corrected chi connectivity index (χ2v) is 5.28. The molecule has 152 valence electrons. The lowest BCUT2D eigenvalue weighted by molar-refractivity contribution is -0.345. The largest absolute Gasteiger partial charge is 0.464 e. The maximum Gasteiger partial charge on any atom is 0.460 e. The smallest absolute Gasteiger partial charge is 0.460 e. The van der Waals surface area contributed by atoms with E-state index in [1.165, 1.54) is 0 Å². The van der Waals surface area contributed by atoms with Gasteiger partial charge in [-0.25, -0.2) is 0 Å². The highest BCUT2D eigenvalue weighted by atomic mass is 19.4. The first-order valence-electron chi connectivity index (χ1n) is 7.07. The first-order chi connectivity index (χ1) is 11.6. The Morgan fingerprint density at radius 2 is 1.38 bits per heavy atom. The Bertz CT molecular complexity index is 537. The molecule has 0 fully saturated rings. The van der Waals surface area contributed by atoms with Crippen LogP contribution in [0.15, 0.2) is 0 Å². The molecule has 0 N–H and O–H groups in total. The first kappa shape index (κ1) is 23.9. The third-order valence-corrected chi connectivity index (χ3v) is 3.00. The van der Waals surface area contributed by atoms with Gasteiger partial charge in [0.2, 0.25) is 5.91 Å². The van der Waals surface area contributed by atoms with Gasteiger partial charge in [0.15, 0.2) is 0 Å². The zero-order valence-corrected chi connectivity index (χ0v) is 14.0. The van der Waals surface area contributed by atoms with Crippen LogP contribution >= 0.6 is 0 Å². The van der Waals surface area contributed by atoms with Crippen LogP contribution in [0.25, 0.3) is 0 Å². The Labute approximate surface area is 143 Å². The van der Waals surface area contributed by atoms with Crippen LogP contribution in [0, 0.1) is 0 Å². The van der Waals surface area contributed by atoms with E-state index < -0.39 is 48.9 Å². The SMILES string of the molecule is CCCOC(=O)CN(C)C(=O)CN(C)C(=O)C(F)(F)C(F)(F)C(F)(F)F. The third-order valence-electron chi connectivity index (χ3n) is 3.00. The molecule has 0 spiro atoms. The highest BCUT2D eigenvalue weighted by Crippen LogP contribution is 2.47. The predicted molar refractivity (Wildman–Crippen MR) is 72.5 cm³/mol. The van der Waals surface area contributed by atoms with Gasteiger partial charge in [-0.05, 0) is 6.42 Å². The quantitative estimate of drug-likeness (QED) is 0.461. The van der Waals surface area contributed by atoms with Gasteiger partial charge in [0, 0.05) is 14.1 Å². The van der Waals surface area contributed by atoms with Crippen molar-refractivity contribution >= 4 is 17.8 Å². The van der Waals surface area contributed by atoms with Crippen LogP contribution < -0.4 is 0 Å². The van der Waals surface area contributed by atoms with Crippen LogP contribution in [0.1, 0.15) is 13.3 Å². The molecule has 0 aliphatic carbocycles. The highest BCUT2D eigenvalue weighted by Gasteiger charge is 2.76. The Balaban J connectivity index is 4.99. The van der Waals surface area contributed by atoms with Gasteiger partial charge in [-0.15, -0.1) is 0 Å². The van der Waals surface area contributed by atoms with E-state index >= 15 is 0 Å². The predicted octanol–water partition coefficient (Wildman–Crippen LogP) is 1.69. The molecule has 0 aromatic carbocycles. The molecule has 0 aliphatic heterocycles. The molecule has 0 unspecified atom stereocenters. The van der Waals surface area contributed by atoms with Crippen molar-refractivity contribution in [3.63, 3.8) is 0 Å². The number of amides is 2. The second kappa shape index (κ2) is 8.54. The van der Waals surface area contributed by atoms with Crippen LogP contribution in [0.4, 0.5) is 30.7 Å². The number of esters is 1. The minimum Gasteiger partial charge on any atom is -0.464 e. The number of nitrogens with zero attached hydrogens (tertiary/aromatic N) is 2. The highest BCUT2D eigenvalue weighted by molar-refractivity contribution is 5.90. The van der Waals surface area contributed by atoms with Gasteiger partial charge in [-0.3, -0.25) is 14.4 Å². The summed E-state index contributed by atoms with van der Waals surface area (Å²) in [4.78, 5) is 34.7. The number of hydrogen-bond donors (Lipinski definition) is 0. The van der Waals surface area contributed by atoms with Gasteiger partial charge in [0.1, 0.15) is 6.54 Å². The molecule has 0 saturated heterocycles. The summed E-state index contributed by atoms with van der Waals surface area (Å²) in [6.07, 6.45) is -6.18. The van der Waals surface area contributed by atoms with Crippen molar-refractivity contribution < 1.29 is 49.9 Å². The van der Waals surface area contributed by atoms with Crippen molar-refractivity contribution in [1.29, 1.82) is 0 Å². The number of alkyl halides is 7. The molecule has 13 heteroatoms. The summed E-state index contributed by atoms with van der Waals surface area (Å²) >= 11 is 0. The topological polar surface area (TPSA) is 66.9 Å². The maximum atomic E-state index is 13.3. The van der Waals surface area contributed by atoms with Gasteiger partial charge in [0.05, 0.1) is 13.2 Å². The van der Waals surface area contributed by atoms with Crippen molar-refractivity contribution in [2.75, 3.05) is 33.8 Å². The first-order valence-corrected chi connectivity index (χ1v) is 7.07. The molecule has 0 saturated carbocycles. The lowest BCUT2D eigenvalue weighted by Crippen LogP contribution is -2.60. The van der Waals surface area contributed by atoms with E-state index in [1.807, 2.05) is 0 Å². The van der Waals surface area contributed by atoms with Crippen LogP contribution in [0.5, 0.6) is 0 Å². The second-order valence-electron chi connectivity index (χ2n) is 5.28. The molecule has 0 aliphatic rings. The van der Waals surface area contributed by atoms with Crippen LogP contribution in [0.2, 0.25) is 0 Å². The van der Waals surface area contributed by atoms with E-state index in [2.05, 4.69) is 4.74 Å². The molecule has 0 radical (unpaired) electrons. The van der Waals surface area contributed by atoms with Gasteiger partial charge >= 0.3 is 24.0 Å². The molecule has 0 aromatic heterocycles. The lowest BCUT2D eigenvalue weighted by Gasteiger charge is -2.30. The molecule has 0 aromatic rings. The molecule has 0 rings (SSSR count). The molecule has 6 nitrogen and oxygen atoms in total. The Hall–Kier alpha value is -2.08. The van der Waals surface area contributed by atoms with Crippen LogP contribution in [-0.4, -0.2) is 79.4 Å². The minimum atomic E-state index is -6.67. The van der Waals surface area contributed by atoms with E-state index in [9.17, 15) is 45.1 Å². The summed E-state index contributed by atoms with van der Waals surface area (Å²) in [6, 6.07) is 0. The normalized spacial score (nSPS) is 12.5. The van der Waals surface area contributed by atoms with E-state index in [0.717, 1.165) is 7.05 Å². The lowest BCUT2D eigenvalue weighted by atomic mass is 10.1. The molecule has 2 amide bonds. The summed E-state index contributed by atoms with van der Waals surface area (Å²) in [6.45, 7) is -0.131. The Morgan fingerprint density at radius 3 is 1.81 bits per heavy atom. The molecular weight excluding hydrogens is 381 g/mol. The molecule has 0 heterocycles. The summed E-state index contributed by atoms with van der Waals surface area (Å²) in [5.74, 6) is -17.6. The molecule has 0 bridgehead atoms. The summed E-state index contributed by atoms with van der Waals surface area (Å²) < 4.78 is 93.0. The summed E-state index contributed by atoms with van der Waals surface area (Å²) in [5.41, 5.74) is 0. The van der Waals surface area contributed by atoms with Crippen molar-refractivity contribution in [2.24, 2.45) is 0 Å². The van der Waals surface area contributed by atoms with E-state index in [-0.39, 0.29) is 11.5 Å². The van der Waals surface area contributed by atoms with E-state index in [4.69, 9.17) is 0 Å². The number of likely N-dealkylation sites (N-methyl/N-ethyl adjacent to an activating group) is 2. The molecular formula is C13H17F7N2O4. The molecule has 26 heavy (non-hydrogen) atoms. The number of ether oxygens (including phenoxy) is 1. The maximum absolute atomic E-state index is 13.3. The van der Waals surface area contributed by atoms with Gasteiger partial charge in [-0.2, -0.15) is 30.7 Å². The summed E-state index contributed by atoms with van der Waals surface area (Å²) in [5, 5.41) is 0. The number of halogens is 7. The molecule has 0 atom stereocenters. The van der Waals surface area contributed by atoms with Crippen LogP contribution in [0.3, 0.4) is 0 Å². The van der Waals surface area contributed by atoms with E-state index in [1.54, 1.807) is 6.92 Å². The third kappa shape index (κ3) is 5.46. The summed E-state index contributed by atoms with van der Waals surface area (Å²) in [7, 11) is 1.47. The van der Waals surface area contributed by atoms with Crippen molar-refractivity contribution in [3.05, 3.63) is 0 Å². The van der Waals surface area contributed by atoms with Crippen molar-refractivity contribution in [2.45, 2.75) is 31.4 Å². The fraction of sp³-hybridized carbons (Fsp3) is 0.769. The fourth-order valence-electron chi connectivity index (χ4n) is 1.49. The fourth-order valence-corrected chi connectivity index (χ4v) is 1.49. The average Bonchev–Trinajstić information content (AvgIpc) is 2.50. The Kier molecular flexibility index (Phi) is 7.85. The number of hydrogen-bond acceptors (Lipinski definition) is 4. The minimum absolute atomic E-state index is 0.0536. The van der Waals surface area contributed by atoms with Crippen molar-refractivity contribution in [3.8, 4) is 0 Å². The van der Waals surface area contributed by atoms with Crippen molar-refractivity contribution in [1.82, 2.24) is 9.80 Å². The van der Waals surface area contributed by atoms with Gasteiger partial charge < -0.3 is 14.5 Å². The zero-order valence-electron chi connectivity index (χ0n) is 14.0. The number of carbonyl (C=O) groups is 3. The van der Waals surface area contributed by atoms with E-state index in [0.29, 0.717) is 18.4 Å². The monoisotopic (exact) mass is 398 g/mol. The Morgan fingerprint density at radius 1 is 0.885 bits per heavy atom. The van der Waals surface area contributed by atoms with Crippen LogP contribution in [-0.2, 0) is 19.1 Å². The standard InChI is InChI=1S/C13H17F7N2O4/c1-4-5-26-9(24)7-21(2)8(23)6-22(3)10(25)11(14,15)12(16,17)13(18,19)20/h4-7H2,1-3H3.